The normalized spacial score (nSPS) is 14.2. The first-order chi connectivity index (χ1) is 5.95. The van der Waals surface area contributed by atoms with Crippen LogP contribution in [0, 0.1) is 0 Å². The average molecular weight is 223 g/mol. The quantitative estimate of drug-likeness (QED) is 0.310. The van der Waals surface area contributed by atoms with E-state index in [0.29, 0.717) is 13.2 Å². The van der Waals surface area contributed by atoms with E-state index in [2.05, 4.69) is 19.7 Å². The van der Waals surface area contributed by atoms with Gasteiger partial charge in [0.05, 0.1) is 19.3 Å². The topological polar surface area (TPSA) is 29.5 Å². The standard InChI is InChI=1S/C9H19ClO2Si/c1-4-6-12-8-9(11)5-7-13(2,3)10/h4,9,11H,1,5-8H2,2-3H3. The predicted octanol–water partition coefficient (Wildman–Crippen LogP) is 2.38. The Morgan fingerprint density at radius 1 is 1.62 bits per heavy atom. The van der Waals surface area contributed by atoms with E-state index in [0.717, 1.165) is 12.5 Å². The van der Waals surface area contributed by atoms with Gasteiger partial charge in [-0.2, -0.15) is 11.1 Å². The zero-order valence-corrected chi connectivity index (χ0v) is 10.2. The van der Waals surface area contributed by atoms with E-state index < -0.39 is 7.38 Å². The van der Waals surface area contributed by atoms with Gasteiger partial charge in [0.15, 0.2) is 7.38 Å². The van der Waals surface area contributed by atoms with Gasteiger partial charge in [0.2, 0.25) is 0 Å². The zero-order valence-electron chi connectivity index (χ0n) is 8.42. The van der Waals surface area contributed by atoms with Crippen LogP contribution in [-0.2, 0) is 4.74 Å². The van der Waals surface area contributed by atoms with E-state index in [1.54, 1.807) is 6.08 Å². The van der Waals surface area contributed by atoms with E-state index in [1.165, 1.54) is 0 Å². The molecule has 0 fully saturated rings. The summed E-state index contributed by atoms with van der Waals surface area (Å²) in [6, 6.07) is 0.924. The maximum Gasteiger partial charge on any atom is 0.150 e. The maximum atomic E-state index is 9.44. The van der Waals surface area contributed by atoms with Crippen molar-refractivity contribution in [2.45, 2.75) is 31.7 Å². The SMILES string of the molecule is C=CCOCC(O)CC[Si](C)(C)Cl. The fraction of sp³-hybridized carbons (Fsp3) is 0.778. The monoisotopic (exact) mass is 222 g/mol. The second kappa shape index (κ2) is 6.60. The number of hydrogen-bond donors (Lipinski definition) is 1. The first kappa shape index (κ1) is 13.2. The van der Waals surface area contributed by atoms with Gasteiger partial charge in [-0.25, -0.2) is 0 Å². The average Bonchev–Trinajstić information content (AvgIpc) is 2.00. The molecule has 0 saturated heterocycles. The van der Waals surface area contributed by atoms with Crippen LogP contribution in [0.15, 0.2) is 12.7 Å². The van der Waals surface area contributed by atoms with Gasteiger partial charge in [0.1, 0.15) is 0 Å². The van der Waals surface area contributed by atoms with Crippen LogP contribution >= 0.6 is 11.1 Å². The van der Waals surface area contributed by atoms with Gasteiger partial charge in [-0.3, -0.25) is 0 Å². The molecule has 1 atom stereocenters. The molecule has 0 aromatic carbocycles. The maximum absolute atomic E-state index is 9.44. The van der Waals surface area contributed by atoms with Crippen molar-refractivity contribution in [2.75, 3.05) is 13.2 Å². The Kier molecular flexibility index (Phi) is 6.68. The van der Waals surface area contributed by atoms with Crippen LogP contribution in [0.25, 0.3) is 0 Å². The number of hydrogen-bond acceptors (Lipinski definition) is 2. The van der Waals surface area contributed by atoms with E-state index >= 15 is 0 Å². The Bertz CT molecular complexity index is 145. The Balaban J connectivity index is 3.40. The summed E-state index contributed by atoms with van der Waals surface area (Å²) >= 11 is 6.11. The van der Waals surface area contributed by atoms with Crippen molar-refractivity contribution in [3.05, 3.63) is 12.7 Å². The van der Waals surface area contributed by atoms with E-state index in [-0.39, 0.29) is 6.10 Å². The lowest BCUT2D eigenvalue weighted by molar-refractivity contribution is 0.0473. The summed E-state index contributed by atoms with van der Waals surface area (Å²) in [7, 11) is -1.53. The van der Waals surface area contributed by atoms with Crippen LogP contribution in [0.2, 0.25) is 19.1 Å². The van der Waals surface area contributed by atoms with Crippen LogP contribution in [0.4, 0.5) is 0 Å². The van der Waals surface area contributed by atoms with Gasteiger partial charge >= 0.3 is 0 Å². The van der Waals surface area contributed by atoms with Crippen LogP contribution < -0.4 is 0 Å². The highest BCUT2D eigenvalue weighted by molar-refractivity contribution is 7.19. The summed E-state index contributed by atoms with van der Waals surface area (Å²) in [4.78, 5) is 0. The van der Waals surface area contributed by atoms with Crippen LogP contribution in [0.1, 0.15) is 6.42 Å². The molecular formula is C9H19ClO2Si. The minimum atomic E-state index is -1.53. The van der Waals surface area contributed by atoms with Crippen molar-refractivity contribution in [1.82, 2.24) is 0 Å². The number of rotatable bonds is 7. The van der Waals surface area contributed by atoms with Crippen LogP contribution in [-0.4, -0.2) is 31.8 Å². The molecule has 0 bridgehead atoms. The van der Waals surface area contributed by atoms with Crippen molar-refractivity contribution < 1.29 is 9.84 Å². The molecule has 0 saturated carbocycles. The van der Waals surface area contributed by atoms with Gasteiger partial charge in [-0.05, 0) is 12.5 Å². The molecule has 0 aliphatic carbocycles. The molecule has 0 aliphatic heterocycles. The van der Waals surface area contributed by atoms with Gasteiger partial charge in [-0.15, -0.1) is 6.58 Å². The smallest absolute Gasteiger partial charge is 0.150 e. The predicted molar refractivity (Wildman–Crippen MR) is 59.8 cm³/mol. The van der Waals surface area contributed by atoms with E-state index in [4.69, 9.17) is 15.8 Å². The highest BCUT2D eigenvalue weighted by atomic mass is 35.6. The molecule has 0 rings (SSSR count). The van der Waals surface area contributed by atoms with Crippen molar-refractivity contribution in [2.24, 2.45) is 0 Å². The third-order valence-electron chi connectivity index (χ3n) is 1.62. The summed E-state index contributed by atoms with van der Waals surface area (Å²) in [6.45, 7) is 8.55. The Labute approximate surface area is 86.3 Å². The van der Waals surface area contributed by atoms with Gasteiger partial charge in [-0.1, -0.05) is 19.2 Å². The Morgan fingerprint density at radius 3 is 2.69 bits per heavy atom. The van der Waals surface area contributed by atoms with Gasteiger partial charge in [0, 0.05) is 0 Å². The van der Waals surface area contributed by atoms with Crippen molar-refractivity contribution in [3.63, 3.8) is 0 Å². The second-order valence-corrected chi connectivity index (χ2v) is 10.7. The van der Waals surface area contributed by atoms with Crippen molar-refractivity contribution in [1.29, 1.82) is 0 Å². The molecule has 0 aromatic rings. The highest BCUT2D eigenvalue weighted by Crippen LogP contribution is 2.17. The van der Waals surface area contributed by atoms with E-state index in [9.17, 15) is 5.11 Å². The lowest BCUT2D eigenvalue weighted by atomic mass is 10.3. The largest absolute Gasteiger partial charge is 0.391 e. The van der Waals surface area contributed by atoms with Gasteiger partial charge in [0.25, 0.3) is 0 Å². The molecule has 0 radical (unpaired) electrons. The third-order valence-corrected chi connectivity index (χ3v) is 3.66. The summed E-state index contributed by atoms with van der Waals surface area (Å²) in [5.41, 5.74) is 0. The Hall–Kier alpha value is 0.167. The van der Waals surface area contributed by atoms with Crippen molar-refractivity contribution in [3.8, 4) is 0 Å². The third kappa shape index (κ3) is 10.1. The molecule has 1 unspecified atom stereocenters. The highest BCUT2D eigenvalue weighted by Gasteiger charge is 2.18. The fourth-order valence-electron chi connectivity index (χ4n) is 0.881. The molecule has 0 heterocycles. The summed E-state index contributed by atoms with van der Waals surface area (Å²) in [5.74, 6) is 0. The number of aliphatic hydroxyl groups is 1. The first-order valence-corrected chi connectivity index (χ1v) is 8.73. The summed E-state index contributed by atoms with van der Waals surface area (Å²) in [6.07, 6.45) is 2.03. The van der Waals surface area contributed by atoms with Crippen molar-refractivity contribution >= 4 is 18.5 Å². The minimum Gasteiger partial charge on any atom is -0.391 e. The molecule has 78 valence electrons. The molecule has 0 aliphatic rings. The molecule has 0 spiro atoms. The number of ether oxygens (including phenoxy) is 1. The van der Waals surface area contributed by atoms with Crippen LogP contribution in [0.3, 0.4) is 0 Å². The second-order valence-electron chi connectivity index (χ2n) is 3.74. The van der Waals surface area contributed by atoms with Gasteiger partial charge < -0.3 is 9.84 Å². The zero-order chi connectivity index (χ0) is 10.3. The first-order valence-electron chi connectivity index (χ1n) is 4.51. The molecular weight excluding hydrogens is 204 g/mol. The lowest BCUT2D eigenvalue weighted by Crippen LogP contribution is -2.22. The van der Waals surface area contributed by atoms with E-state index in [1.807, 2.05) is 0 Å². The lowest BCUT2D eigenvalue weighted by Gasteiger charge is -2.15. The summed E-state index contributed by atoms with van der Waals surface area (Å²) < 4.78 is 5.11. The summed E-state index contributed by atoms with van der Waals surface area (Å²) in [5, 5.41) is 9.44. The molecule has 4 heteroatoms. The molecule has 1 N–H and O–H groups in total. The molecule has 13 heavy (non-hydrogen) atoms. The van der Waals surface area contributed by atoms with Crippen LogP contribution in [0.5, 0.6) is 0 Å². The molecule has 2 nitrogen and oxygen atoms in total. The molecule has 0 aromatic heterocycles. The fourth-order valence-corrected chi connectivity index (χ4v) is 2.23. The Morgan fingerprint density at radius 2 is 2.23 bits per heavy atom. The minimum absolute atomic E-state index is 0.382. The molecule has 0 amide bonds. The number of halogens is 1. The number of aliphatic hydroxyl groups excluding tert-OH is 1.